The zero-order valence-electron chi connectivity index (χ0n) is 15.8. The first-order valence-electron chi connectivity index (χ1n) is 8.61. The summed E-state index contributed by atoms with van der Waals surface area (Å²) in [7, 11) is 5.11. The molecule has 0 unspecified atom stereocenters. The van der Waals surface area contributed by atoms with Crippen molar-refractivity contribution in [1.29, 1.82) is 0 Å². The maximum Gasteiger partial charge on any atom is 0.342 e. The lowest BCUT2D eigenvalue weighted by atomic mass is 9.95. The first kappa shape index (κ1) is 18.7. The highest BCUT2D eigenvalue weighted by Crippen LogP contribution is 2.29. The fourth-order valence-electron chi connectivity index (χ4n) is 3.07. The normalized spacial score (nSPS) is 13.1. The maximum absolute atomic E-state index is 12.7. The average Bonchev–Trinajstić information content (AvgIpc) is 3.15. The zero-order valence-corrected chi connectivity index (χ0v) is 15.8. The van der Waals surface area contributed by atoms with Gasteiger partial charge in [0.1, 0.15) is 11.4 Å². The number of aromatic nitrogens is 2. The summed E-state index contributed by atoms with van der Waals surface area (Å²) in [6.45, 7) is 2.82. The van der Waals surface area contributed by atoms with Crippen molar-refractivity contribution in [2.75, 3.05) is 39.3 Å². The summed E-state index contributed by atoms with van der Waals surface area (Å²) < 4.78 is 15.2. The second kappa shape index (κ2) is 7.65. The number of esters is 1. The lowest BCUT2D eigenvalue weighted by molar-refractivity contribution is 0.0524. The Balaban J connectivity index is 1.91. The van der Waals surface area contributed by atoms with Crippen molar-refractivity contribution in [1.82, 2.24) is 15.0 Å². The van der Waals surface area contributed by atoms with Gasteiger partial charge in [-0.1, -0.05) is 0 Å². The Morgan fingerprint density at radius 1 is 1.37 bits per heavy atom. The van der Waals surface area contributed by atoms with E-state index in [9.17, 15) is 9.59 Å². The predicted octanol–water partition coefficient (Wildman–Crippen LogP) is 1.52. The molecule has 9 nitrogen and oxygen atoms in total. The molecular weight excluding hydrogens is 352 g/mol. The smallest absolute Gasteiger partial charge is 0.342 e. The minimum Gasteiger partial charge on any atom is -0.479 e. The number of amides is 1. The van der Waals surface area contributed by atoms with Gasteiger partial charge in [0.15, 0.2) is 0 Å². The van der Waals surface area contributed by atoms with Crippen molar-refractivity contribution in [3.05, 3.63) is 34.7 Å². The molecule has 0 aliphatic carbocycles. The summed E-state index contributed by atoms with van der Waals surface area (Å²) in [5.41, 5.74) is 2.15. The molecule has 9 heteroatoms. The minimum atomic E-state index is -0.398. The van der Waals surface area contributed by atoms with E-state index in [1.165, 1.54) is 13.2 Å². The number of fused-ring (bicyclic) bond motifs is 1. The van der Waals surface area contributed by atoms with Crippen molar-refractivity contribution in [3.8, 4) is 5.88 Å². The Bertz CT molecular complexity index is 861. The van der Waals surface area contributed by atoms with Crippen LogP contribution in [0, 0.1) is 0 Å². The third kappa shape index (κ3) is 3.57. The standard InChI is InChI=1S/C18H22N4O5/c1-5-26-18(24)15-12-6-7-22(10-11(12)9-19-16(15)21(2)3)17(23)13-8-14(25-4)20-27-13/h8-9H,5-7,10H2,1-4H3. The number of methoxy groups -OCH3 is 1. The topological polar surface area (TPSA) is 98.0 Å². The van der Waals surface area contributed by atoms with Gasteiger partial charge in [0.25, 0.3) is 11.8 Å². The quantitative estimate of drug-likeness (QED) is 0.727. The summed E-state index contributed by atoms with van der Waals surface area (Å²) in [5, 5.41) is 3.66. The third-order valence-electron chi connectivity index (χ3n) is 4.35. The molecule has 0 bridgehead atoms. The van der Waals surface area contributed by atoms with Crippen molar-refractivity contribution < 1.29 is 23.6 Å². The monoisotopic (exact) mass is 374 g/mol. The molecule has 0 atom stereocenters. The van der Waals surface area contributed by atoms with Gasteiger partial charge in [-0.3, -0.25) is 4.79 Å². The molecule has 0 saturated heterocycles. The number of anilines is 1. The highest BCUT2D eigenvalue weighted by atomic mass is 16.5. The second-order valence-corrected chi connectivity index (χ2v) is 6.29. The van der Waals surface area contributed by atoms with Gasteiger partial charge in [0.2, 0.25) is 5.76 Å². The summed E-state index contributed by atoms with van der Waals surface area (Å²) in [4.78, 5) is 33.0. The maximum atomic E-state index is 12.7. The van der Waals surface area contributed by atoms with E-state index in [4.69, 9.17) is 14.0 Å². The van der Waals surface area contributed by atoms with E-state index in [1.54, 1.807) is 22.9 Å². The van der Waals surface area contributed by atoms with Crippen molar-refractivity contribution in [3.63, 3.8) is 0 Å². The molecule has 144 valence electrons. The molecule has 1 amide bonds. The fourth-order valence-corrected chi connectivity index (χ4v) is 3.07. The van der Waals surface area contributed by atoms with E-state index in [-0.39, 0.29) is 24.2 Å². The molecule has 3 heterocycles. The van der Waals surface area contributed by atoms with Crippen molar-refractivity contribution >= 4 is 17.7 Å². The molecule has 0 radical (unpaired) electrons. The summed E-state index contributed by atoms with van der Waals surface area (Å²) in [6, 6.07) is 1.45. The summed E-state index contributed by atoms with van der Waals surface area (Å²) >= 11 is 0. The number of carbonyl (C=O) groups is 2. The van der Waals surface area contributed by atoms with Gasteiger partial charge in [0, 0.05) is 33.4 Å². The van der Waals surface area contributed by atoms with E-state index in [1.807, 2.05) is 14.1 Å². The van der Waals surface area contributed by atoms with Crippen LogP contribution in [0.15, 0.2) is 16.8 Å². The Hall–Kier alpha value is -3.10. The van der Waals surface area contributed by atoms with Crippen LogP contribution in [0.4, 0.5) is 5.82 Å². The Labute approximate surface area is 156 Å². The van der Waals surface area contributed by atoms with Crippen LogP contribution in [0.25, 0.3) is 0 Å². The van der Waals surface area contributed by atoms with Gasteiger partial charge < -0.3 is 23.8 Å². The number of rotatable bonds is 5. The molecule has 27 heavy (non-hydrogen) atoms. The van der Waals surface area contributed by atoms with E-state index in [0.717, 1.165) is 11.1 Å². The number of nitrogens with zero attached hydrogens (tertiary/aromatic N) is 4. The SMILES string of the molecule is CCOC(=O)c1c(N(C)C)ncc2c1CCN(C(=O)c1cc(OC)no1)C2. The largest absolute Gasteiger partial charge is 0.479 e. The van der Waals surface area contributed by atoms with E-state index >= 15 is 0 Å². The van der Waals surface area contributed by atoms with Crippen LogP contribution in [0.5, 0.6) is 5.88 Å². The molecular formula is C18H22N4O5. The number of hydrogen-bond donors (Lipinski definition) is 0. The van der Waals surface area contributed by atoms with Gasteiger partial charge >= 0.3 is 5.97 Å². The van der Waals surface area contributed by atoms with Gasteiger partial charge in [-0.15, -0.1) is 0 Å². The van der Waals surface area contributed by atoms with Gasteiger partial charge in [0.05, 0.1) is 19.8 Å². The molecule has 1 aliphatic heterocycles. The molecule has 0 spiro atoms. The Morgan fingerprint density at radius 3 is 2.78 bits per heavy atom. The number of hydrogen-bond acceptors (Lipinski definition) is 8. The lowest BCUT2D eigenvalue weighted by Gasteiger charge is -2.30. The minimum absolute atomic E-state index is 0.110. The first-order chi connectivity index (χ1) is 13.0. The van der Waals surface area contributed by atoms with Crippen LogP contribution in [-0.2, 0) is 17.7 Å². The molecule has 0 N–H and O–H groups in total. The Kier molecular flexibility index (Phi) is 5.29. The molecule has 0 fully saturated rings. The van der Waals surface area contributed by atoms with Crippen molar-refractivity contribution in [2.24, 2.45) is 0 Å². The third-order valence-corrected chi connectivity index (χ3v) is 4.35. The molecule has 0 aromatic carbocycles. The van der Waals surface area contributed by atoms with E-state index in [0.29, 0.717) is 30.9 Å². The number of carbonyl (C=O) groups excluding carboxylic acids is 2. The van der Waals surface area contributed by atoms with Crippen LogP contribution in [0.2, 0.25) is 0 Å². The van der Waals surface area contributed by atoms with Gasteiger partial charge in [-0.2, -0.15) is 0 Å². The molecule has 1 aliphatic rings. The molecule has 2 aromatic rings. The van der Waals surface area contributed by atoms with Gasteiger partial charge in [-0.25, -0.2) is 9.78 Å². The predicted molar refractivity (Wildman–Crippen MR) is 96.0 cm³/mol. The van der Waals surface area contributed by atoms with Crippen molar-refractivity contribution in [2.45, 2.75) is 19.9 Å². The van der Waals surface area contributed by atoms with Crippen LogP contribution in [0.3, 0.4) is 0 Å². The molecule has 2 aromatic heterocycles. The highest BCUT2D eigenvalue weighted by Gasteiger charge is 2.30. The number of pyridine rings is 1. The summed E-state index contributed by atoms with van der Waals surface area (Å²) in [5.74, 6) is 0.236. The zero-order chi connectivity index (χ0) is 19.6. The second-order valence-electron chi connectivity index (χ2n) is 6.29. The van der Waals surface area contributed by atoms with Crippen LogP contribution in [0.1, 0.15) is 39.0 Å². The average molecular weight is 374 g/mol. The molecule has 0 saturated carbocycles. The van der Waals surface area contributed by atoms with Crippen LogP contribution < -0.4 is 9.64 Å². The fraction of sp³-hybridized carbons (Fsp3) is 0.444. The Morgan fingerprint density at radius 2 is 2.15 bits per heavy atom. The first-order valence-corrected chi connectivity index (χ1v) is 8.61. The molecule has 3 rings (SSSR count). The highest BCUT2D eigenvalue weighted by molar-refractivity contribution is 5.97. The van der Waals surface area contributed by atoms with Crippen LogP contribution in [-0.4, -0.2) is 61.3 Å². The van der Waals surface area contributed by atoms with E-state index in [2.05, 4.69) is 10.1 Å². The lowest BCUT2D eigenvalue weighted by Crippen LogP contribution is -2.37. The van der Waals surface area contributed by atoms with E-state index < -0.39 is 5.97 Å². The van der Waals surface area contributed by atoms with Crippen LogP contribution >= 0.6 is 0 Å². The number of ether oxygens (including phenoxy) is 2. The summed E-state index contributed by atoms with van der Waals surface area (Å²) in [6.07, 6.45) is 2.22. The van der Waals surface area contributed by atoms with Gasteiger partial charge in [-0.05, 0) is 29.6 Å².